The van der Waals surface area contributed by atoms with Crippen LogP contribution in [0.15, 0.2) is 17.5 Å². The highest BCUT2D eigenvalue weighted by Gasteiger charge is 2.19. The smallest absolute Gasteiger partial charge is 0.311 e. The van der Waals surface area contributed by atoms with Crippen LogP contribution in [0.25, 0.3) is 0 Å². The van der Waals surface area contributed by atoms with Crippen molar-refractivity contribution in [3.05, 3.63) is 23.2 Å². The summed E-state index contributed by atoms with van der Waals surface area (Å²) >= 11 is 1.33. The number of methoxy groups -OCH3 is 1. The van der Waals surface area contributed by atoms with Gasteiger partial charge >= 0.3 is 5.97 Å². The van der Waals surface area contributed by atoms with Crippen molar-refractivity contribution in [2.45, 2.75) is 25.7 Å². The molecular formula is C13H16N2O3S. The first-order chi connectivity index (χ1) is 9.19. The summed E-state index contributed by atoms with van der Waals surface area (Å²) in [4.78, 5) is 27.3. The lowest BCUT2D eigenvalue weighted by atomic mass is 9.94. The highest BCUT2D eigenvalue weighted by atomic mass is 32.1. The van der Waals surface area contributed by atoms with Crippen molar-refractivity contribution in [3.8, 4) is 0 Å². The van der Waals surface area contributed by atoms with Crippen LogP contribution in [0.4, 0.5) is 5.13 Å². The quantitative estimate of drug-likeness (QED) is 0.678. The van der Waals surface area contributed by atoms with Gasteiger partial charge in [-0.3, -0.25) is 9.59 Å². The Kier molecular flexibility index (Phi) is 4.68. The fourth-order valence-corrected chi connectivity index (χ4v) is 2.62. The second-order valence-electron chi connectivity index (χ2n) is 4.37. The molecule has 0 aromatic carbocycles. The number of allylic oxidation sites excluding steroid dienone is 2. The largest absolute Gasteiger partial charge is 0.469 e. The maximum atomic E-state index is 12.0. The first-order valence-corrected chi connectivity index (χ1v) is 7.04. The van der Waals surface area contributed by atoms with E-state index in [4.69, 9.17) is 0 Å². The van der Waals surface area contributed by atoms with Crippen LogP contribution in [0.1, 0.15) is 25.0 Å². The van der Waals surface area contributed by atoms with Crippen molar-refractivity contribution in [1.82, 2.24) is 4.98 Å². The molecule has 0 saturated carbocycles. The zero-order chi connectivity index (χ0) is 13.7. The number of carbonyl (C=O) groups excluding carboxylic acids is 2. The zero-order valence-corrected chi connectivity index (χ0v) is 11.5. The van der Waals surface area contributed by atoms with E-state index >= 15 is 0 Å². The molecule has 2 rings (SSSR count). The second kappa shape index (κ2) is 6.47. The molecule has 0 radical (unpaired) electrons. The Labute approximate surface area is 115 Å². The van der Waals surface area contributed by atoms with E-state index in [1.54, 1.807) is 5.38 Å². The SMILES string of the molecule is COC(=O)Cc1csc(NC(=O)C2CC=CCC2)n1. The normalized spacial score (nSPS) is 18.1. The molecule has 6 heteroatoms. The van der Waals surface area contributed by atoms with Gasteiger partial charge in [0, 0.05) is 11.3 Å². The van der Waals surface area contributed by atoms with E-state index in [0.29, 0.717) is 10.8 Å². The van der Waals surface area contributed by atoms with Gasteiger partial charge in [0.15, 0.2) is 5.13 Å². The van der Waals surface area contributed by atoms with Gasteiger partial charge < -0.3 is 10.1 Å². The molecule has 0 spiro atoms. The Morgan fingerprint density at radius 1 is 1.53 bits per heavy atom. The summed E-state index contributed by atoms with van der Waals surface area (Å²) in [6, 6.07) is 0. The number of ether oxygens (including phenoxy) is 1. The van der Waals surface area contributed by atoms with Crippen molar-refractivity contribution in [3.63, 3.8) is 0 Å². The number of nitrogens with one attached hydrogen (secondary N) is 1. The topological polar surface area (TPSA) is 68.3 Å². The van der Waals surface area contributed by atoms with Gasteiger partial charge in [0.25, 0.3) is 0 Å². The van der Waals surface area contributed by atoms with Crippen LogP contribution in [0.5, 0.6) is 0 Å². The summed E-state index contributed by atoms with van der Waals surface area (Å²) in [5.41, 5.74) is 0.621. The standard InChI is InChI=1S/C13H16N2O3S/c1-18-11(16)7-10-8-19-13(14-10)15-12(17)9-5-3-2-4-6-9/h2-3,8-9H,4-7H2,1H3,(H,14,15,17). The lowest BCUT2D eigenvalue weighted by Gasteiger charge is -2.15. The van der Waals surface area contributed by atoms with E-state index in [-0.39, 0.29) is 24.2 Å². The highest BCUT2D eigenvalue weighted by molar-refractivity contribution is 7.13. The van der Waals surface area contributed by atoms with Gasteiger partial charge in [-0.25, -0.2) is 4.98 Å². The molecule has 1 aliphatic rings. The number of hydrogen-bond acceptors (Lipinski definition) is 5. The fourth-order valence-electron chi connectivity index (χ4n) is 1.90. The monoisotopic (exact) mass is 280 g/mol. The van der Waals surface area contributed by atoms with Crippen molar-refractivity contribution >= 4 is 28.3 Å². The summed E-state index contributed by atoms with van der Waals surface area (Å²) in [5.74, 6) is -0.304. The van der Waals surface area contributed by atoms with Crippen LogP contribution in [-0.2, 0) is 20.7 Å². The van der Waals surface area contributed by atoms with Crippen molar-refractivity contribution < 1.29 is 14.3 Å². The van der Waals surface area contributed by atoms with Crippen LogP contribution in [0, 0.1) is 5.92 Å². The number of aromatic nitrogens is 1. The third-order valence-electron chi connectivity index (χ3n) is 2.97. The van der Waals surface area contributed by atoms with Gasteiger partial charge in [0.2, 0.25) is 5.91 Å². The molecule has 19 heavy (non-hydrogen) atoms. The van der Waals surface area contributed by atoms with Crippen LogP contribution < -0.4 is 5.32 Å². The zero-order valence-electron chi connectivity index (χ0n) is 10.7. The molecule has 1 N–H and O–H groups in total. The van der Waals surface area contributed by atoms with Crippen molar-refractivity contribution in [2.75, 3.05) is 12.4 Å². The number of esters is 1. The average Bonchev–Trinajstić information content (AvgIpc) is 2.86. The molecule has 1 unspecified atom stereocenters. The summed E-state index contributed by atoms with van der Waals surface area (Å²) in [6.07, 6.45) is 6.88. The van der Waals surface area contributed by atoms with E-state index < -0.39 is 0 Å². The maximum absolute atomic E-state index is 12.0. The molecular weight excluding hydrogens is 264 g/mol. The van der Waals surface area contributed by atoms with E-state index in [2.05, 4.69) is 21.1 Å². The minimum absolute atomic E-state index is 0.00307. The number of amides is 1. The Morgan fingerprint density at radius 2 is 2.37 bits per heavy atom. The van der Waals surface area contributed by atoms with Gasteiger partial charge in [0.05, 0.1) is 19.2 Å². The molecule has 1 heterocycles. The number of nitrogens with zero attached hydrogens (tertiary/aromatic N) is 1. The number of carbonyl (C=O) groups is 2. The molecule has 1 aliphatic carbocycles. The predicted molar refractivity (Wildman–Crippen MR) is 72.9 cm³/mol. The van der Waals surface area contributed by atoms with Gasteiger partial charge in [-0.05, 0) is 19.3 Å². The molecule has 1 atom stereocenters. The molecule has 0 saturated heterocycles. The molecule has 1 amide bonds. The van der Waals surface area contributed by atoms with Gasteiger partial charge in [-0.1, -0.05) is 12.2 Å². The first-order valence-electron chi connectivity index (χ1n) is 6.16. The third-order valence-corrected chi connectivity index (χ3v) is 3.78. The molecule has 5 nitrogen and oxygen atoms in total. The van der Waals surface area contributed by atoms with Crippen molar-refractivity contribution in [2.24, 2.45) is 5.92 Å². The van der Waals surface area contributed by atoms with E-state index in [1.807, 2.05) is 6.08 Å². The number of hydrogen-bond donors (Lipinski definition) is 1. The Balaban J connectivity index is 1.90. The maximum Gasteiger partial charge on any atom is 0.311 e. The molecule has 1 aromatic heterocycles. The van der Waals surface area contributed by atoms with Crippen LogP contribution >= 0.6 is 11.3 Å². The van der Waals surface area contributed by atoms with Gasteiger partial charge in [0.1, 0.15) is 0 Å². The Morgan fingerprint density at radius 3 is 3.05 bits per heavy atom. The lowest BCUT2D eigenvalue weighted by molar-refractivity contribution is -0.139. The van der Waals surface area contributed by atoms with Crippen molar-refractivity contribution in [1.29, 1.82) is 0 Å². The molecule has 0 fully saturated rings. The Hall–Kier alpha value is -1.69. The minimum atomic E-state index is -0.333. The first kappa shape index (κ1) is 13.7. The van der Waals surface area contributed by atoms with Crippen LogP contribution in [0.3, 0.4) is 0 Å². The van der Waals surface area contributed by atoms with Gasteiger partial charge in [-0.2, -0.15) is 0 Å². The van der Waals surface area contributed by atoms with E-state index in [1.165, 1.54) is 18.4 Å². The molecule has 102 valence electrons. The number of rotatable bonds is 4. The summed E-state index contributed by atoms with van der Waals surface area (Å²) in [7, 11) is 1.34. The summed E-state index contributed by atoms with van der Waals surface area (Å²) < 4.78 is 4.57. The number of thiazole rings is 1. The van der Waals surface area contributed by atoms with E-state index in [9.17, 15) is 9.59 Å². The van der Waals surface area contributed by atoms with Gasteiger partial charge in [-0.15, -0.1) is 11.3 Å². The summed E-state index contributed by atoms with van der Waals surface area (Å²) in [6.45, 7) is 0. The minimum Gasteiger partial charge on any atom is -0.469 e. The van der Waals surface area contributed by atoms with E-state index in [0.717, 1.165) is 19.3 Å². The predicted octanol–water partition coefficient (Wildman–Crippen LogP) is 2.15. The molecule has 0 aliphatic heterocycles. The fraction of sp³-hybridized carbons (Fsp3) is 0.462. The summed E-state index contributed by atoms with van der Waals surface area (Å²) in [5, 5.41) is 5.10. The molecule has 0 bridgehead atoms. The Bertz CT molecular complexity index is 496. The average molecular weight is 280 g/mol. The lowest BCUT2D eigenvalue weighted by Crippen LogP contribution is -2.23. The van der Waals surface area contributed by atoms with Crippen LogP contribution in [-0.4, -0.2) is 24.0 Å². The highest BCUT2D eigenvalue weighted by Crippen LogP contribution is 2.22. The second-order valence-corrected chi connectivity index (χ2v) is 5.23. The van der Waals surface area contributed by atoms with Crippen LogP contribution in [0.2, 0.25) is 0 Å². The third kappa shape index (κ3) is 3.89. The number of anilines is 1. The molecule has 1 aromatic rings.